The van der Waals surface area contributed by atoms with Gasteiger partial charge in [-0.15, -0.1) is 0 Å². The van der Waals surface area contributed by atoms with E-state index in [4.69, 9.17) is 4.74 Å². The maximum Gasteiger partial charge on any atom is 0.141 e. The van der Waals surface area contributed by atoms with Crippen molar-refractivity contribution >= 4 is 0 Å². The van der Waals surface area contributed by atoms with Gasteiger partial charge in [0.1, 0.15) is 22.9 Å². The largest absolute Gasteiger partial charge is 0.507 e. The van der Waals surface area contributed by atoms with Crippen LogP contribution in [0.2, 0.25) is 0 Å². The van der Waals surface area contributed by atoms with Gasteiger partial charge in [0.25, 0.3) is 0 Å². The maximum atomic E-state index is 10.8. The highest BCUT2D eigenvalue weighted by atomic mass is 16.5. The zero-order chi connectivity index (χ0) is 16.4. The van der Waals surface area contributed by atoms with Gasteiger partial charge >= 0.3 is 0 Å². The molecule has 1 aromatic heterocycles. The molecule has 0 amide bonds. The molecule has 0 radical (unpaired) electrons. The zero-order valence-corrected chi connectivity index (χ0v) is 14.3. The molecule has 4 rings (SSSR count). The predicted molar refractivity (Wildman–Crippen MR) is 90.2 cm³/mol. The van der Waals surface area contributed by atoms with E-state index >= 15 is 0 Å². The van der Waals surface area contributed by atoms with Gasteiger partial charge in [-0.2, -0.15) is 0 Å². The monoisotopic (exact) mass is 312 g/mol. The normalized spacial score (nSPS) is 18.4. The number of phenolic OH excluding ortho intramolecular Hbond substituents is 1. The number of rotatable bonds is 1. The Morgan fingerprint density at radius 3 is 2.39 bits per heavy atom. The number of hydrogen-bond donors (Lipinski definition) is 2. The number of phenols is 1. The van der Waals surface area contributed by atoms with Crippen molar-refractivity contribution in [2.45, 2.75) is 65.4 Å². The molecule has 2 aromatic rings. The summed E-state index contributed by atoms with van der Waals surface area (Å²) in [6, 6.07) is 0. The fraction of sp³-hybridized carbons (Fsp3) is 0.526. The van der Waals surface area contributed by atoms with Crippen LogP contribution in [-0.4, -0.2) is 20.7 Å². The molecule has 0 bridgehead atoms. The van der Waals surface area contributed by atoms with Crippen LogP contribution in [0.15, 0.2) is 0 Å². The van der Waals surface area contributed by atoms with Crippen molar-refractivity contribution in [1.29, 1.82) is 0 Å². The third kappa shape index (κ3) is 2.00. The van der Waals surface area contributed by atoms with E-state index < -0.39 is 0 Å². The van der Waals surface area contributed by atoms with Gasteiger partial charge in [0.15, 0.2) is 0 Å². The van der Waals surface area contributed by atoms with Crippen LogP contribution >= 0.6 is 0 Å². The summed E-state index contributed by atoms with van der Waals surface area (Å²) >= 11 is 0. The zero-order valence-electron chi connectivity index (χ0n) is 14.3. The molecular formula is C19H24N2O2. The first-order valence-corrected chi connectivity index (χ1v) is 8.49. The molecule has 4 heteroatoms. The fourth-order valence-electron chi connectivity index (χ4n) is 3.96. The quantitative estimate of drug-likeness (QED) is 0.827. The van der Waals surface area contributed by atoms with Gasteiger partial charge in [0.05, 0.1) is 11.3 Å². The molecule has 2 N–H and O–H groups in total. The van der Waals surface area contributed by atoms with Gasteiger partial charge in [-0.05, 0) is 65.4 Å². The molecule has 23 heavy (non-hydrogen) atoms. The van der Waals surface area contributed by atoms with Crippen LogP contribution in [0.3, 0.4) is 0 Å². The molecule has 2 aliphatic rings. The number of nitrogens with zero attached hydrogens (tertiary/aromatic N) is 1. The molecule has 4 nitrogen and oxygen atoms in total. The van der Waals surface area contributed by atoms with E-state index in [9.17, 15) is 5.11 Å². The number of nitrogens with one attached hydrogen (secondary N) is 1. The van der Waals surface area contributed by atoms with Crippen molar-refractivity contribution in [2.24, 2.45) is 0 Å². The molecule has 1 fully saturated rings. The van der Waals surface area contributed by atoms with Crippen LogP contribution in [0.5, 0.6) is 11.5 Å². The lowest BCUT2D eigenvalue weighted by Gasteiger charge is -2.46. The van der Waals surface area contributed by atoms with Crippen molar-refractivity contribution in [3.8, 4) is 22.9 Å². The summed E-state index contributed by atoms with van der Waals surface area (Å²) in [6.45, 7) is 8.01. The maximum absolute atomic E-state index is 10.8. The molecule has 0 saturated heterocycles. The third-order valence-corrected chi connectivity index (χ3v) is 5.81. The number of aromatic nitrogens is 2. The lowest BCUT2D eigenvalue weighted by Crippen LogP contribution is -2.46. The predicted octanol–water partition coefficient (Wildman–Crippen LogP) is 4.26. The van der Waals surface area contributed by atoms with E-state index in [0.717, 1.165) is 65.3 Å². The van der Waals surface area contributed by atoms with Crippen molar-refractivity contribution < 1.29 is 9.84 Å². The lowest BCUT2D eigenvalue weighted by molar-refractivity contribution is -0.0256. The minimum atomic E-state index is 0.0490. The highest BCUT2D eigenvalue weighted by molar-refractivity contribution is 5.76. The summed E-state index contributed by atoms with van der Waals surface area (Å²) in [4.78, 5) is 7.89. The fourth-order valence-corrected chi connectivity index (χ4v) is 3.96. The van der Waals surface area contributed by atoms with Gasteiger partial charge in [-0.1, -0.05) is 0 Å². The second kappa shape index (κ2) is 4.76. The van der Waals surface area contributed by atoms with E-state index in [0.29, 0.717) is 5.75 Å². The molecule has 1 aliphatic carbocycles. The molecule has 2 heterocycles. The van der Waals surface area contributed by atoms with E-state index in [1.807, 2.05) is 27.7 Å². The number of imidazole rings is 1. The first-order chi connectivity index (χ1) is 10.9. The van der Waals surface area contributed by atoms with Crippen LogP contribution in [-0.2, 0) is 6.42 Å². The molecule has 1 spiro atoms. The lowest BCUT2D eigenvalue weighted by atomic mass is 9.73. The second-order valence-corrected chi connectivity index (χ2v) is 7.22. The first-order valence-electron chi connectivity index (χ1n) is 8.49. The van der Waals surface area contributed by atoms with Crippen LogP contribution in [0.4, 0.5) is 0 Å². The molecular weight excluding hydrogens is 288 g/mol. The highest BCUT2D eigenvalue weighted by Gasteiger charge is 2.43. The Labute approximate surface area is 136 Å². The summed E-state index contributed by atoms with van der Waals surface area (Å²) in [5.74, 6) is 2.05. The number of fused-ring (bicyclic) bond motifs is 1. The van der Waals surface area contributed by atoms with Crippen LogP contribution in [0, 0.1) is 27.7 Å². The number of aromatic amines is 1. The van der Waals surface area contributed by atoms with Crippen molar-refractivity contribution in [2.75, 3.05) is 0 Å². The van der Waals surface area contributed by atoms with Gasteiger partial charge in [0.2, 0.25) is 0 Å². The third-order valence-electron chi connectivity index (χ3n) is 5.81. The minimum Gasteiger partial charge on any atom is -0.507 e. The van der Waals surface area contributed by atoms with Gasteiger partial charge < -0.3 is 14.8 Å². The molecule has 122 valence electrons. The Balaban J connectivity index is 1.91. The van der Waals surface area contributed by atoms with E-state index in [-0.39, 0.29) is 5.60 Å². The second-order valence-electron chi connectivity index (χ2n) is 7.22. The molecule has 0 unspecified atom stereocenters. The van der Waals surface area contributed by atoms with Crippen molar-refractivity contribution in [3.63, 3.8) is 0 Å². The Hall–Kier alpha value is -1.97. The van der Waals surface area contributed by atoms with Gasteiger partial charge in [-0.3, -0.25) is 0 Å². The van der Waals surface area contributed by atoms with Crippen molar-refractivity contribution in [3.05, 3.63) is 28.1 Å². The minimum absolute atomic E-state index is 0.0490. The molecule has 1 aliphatic heterocycles. The van der Waals surface area contributed by atoms with E-state index in [1.54, 1.807) is 0 Å². The first kappa shape index (κ1) is 14.6. The molecule has 1 aromatic carbocycles. The average molecular weight is 312 g/mol. The number of benzene rings is 1. The Kier molecular flexibility index (Phi) is 3.03. The Morgan fingerprint density at radius 1 is 1.09 bits per heavy atom. The Morgan fingerprint density at radius 2 is 1.83 bits per heavy atom. The van der Waals surface area contributed by atoms with Crippen LogP contribution in [0.1, 0.15) is 53.8 Å². The Bertz CT molecular complexity index is 781. The number of H-pyrrole nitrogens is 1. The van der Waals surface area contributed by atoms with Crippen LogP contribution in [0.25, 0.3) is 11.4 Å². The molecule has 0 atom stereocenters. The average Bonchev–Trinajstić information content (AvgIpc) is 2.82. The van der Waals surface area contributed by atoms with Crippen LogP contribution < -0.4 is 4.74 Å². The summed E-state index contributed by atoms with van der Waals surface area (Å²) in [5, 5.41) is 10.8. The summed E-state index contributed by atoms with van der Waals surface area (Å²) in [5.41, 5.74) is 5.93. The smallest absolute Gasteiger partial charge is 0.141 e. The number of hydrogen-bond acceptors (Lipinski definition) is 3. The standard InChI is InChI=1S/C19H24N2O2/c1-10-14-6-9-19(7-5-8-19)23-17(14)11(2)15(16(10)22)18-20-12(3)13(4)21-18/h22H,5-9H2,1-4H3,(H,20,21). The molecule has 1 saturated carbocycles. The number of aromatic hydroxyl groups is 1. The SMILES string of the molecule is Cc1nc(-c2c(C)c3c(c(C)c2O)CCC2(CCC2)O3)[nH]c1C. The topological polar surface area (TPSA) is 58.1 Å². The van der Waals surface area contributed by atoms with E-state index in [1.165, 1.54) is 12.0 Å². The summed E-state index contributed by atoms with van der Waals surface area (Å²) < 4.78 is 6.47. The van der Waals surface area contributed by atoms with Gasteiger partial charge in [-0.25, -0.2) is 4.98 Å². The van der Waals surface area contributed by atoms with E-state index in [2.05, 4.69) is 9.97 Å². The highest BCUT2D eigenvalue weighted by Crippen LogP contribution is 2.51. The van der Waals surface area contributed by atoms with Crippen molar-refractivity contribution in [1.82, 2.24) is 9.97 Å². The van der Waals surface area contributed by atoms with Gasteiger partial charge in [0, 0.05) is 16.8 Å². The number of ether oxygens (including phenoxy) is 1. The summed E-state index contributed by atoms with van der Waals surface area (Å²) in [7, 11) is 0. The number of aryl methyl sites for hydroxylation is 2. The summed E-state index contributed by atoms with van der Waals surface area (Å²) in [6.07, 6.45) is 5.62.